The molecule has 2 aromatic rings. The third-order valence-electron chi connectivity index (χ3n) is 4.87. The van der Waals surface area contributed by atoms with Gasteiger partial charge in [-0.15, -0.1) is 0 Å². The van der Waals surface area contributed by atoms with E-state index < -0.39 is 0 Å². The molecule has 1 saturated heterocycles. The monoisotopic (exact) mass is 386 g/mol. The second-order valence-corrected chi connectivity index (χ2v) is 6.75. The van der Waals surface area contributed by atoms with Gasteiger partial charge >= 0.3 is 0 Å². The minimum Gasteiger partial charge on any atom is -0.494 e. The summed E-state index contributed by atoms with van der Waals surface area (Å²) >= 11 is 0. The largest absolute Gasteiger partial charge is 0.494 e. The normalized spacial score (nSPS) is 16.9. The Bertz CT molecular complexity index is 820. The lowest BCUT2D eigenvalue weighted by Gasteiger charge is -2.31. The molecule has 28 heavy (non-hydrogen) atoms. The first kappa shape index (κ1) is 19.9. The fourth-order valence-corrected chi connectivity index (χ4v) is 3.28. The maximum Gasteiger partial charge on any atom is 0.225 e. The molecule has 0 aliphatic carbocycles. The number of aromatic nitrogens is 2. The zero-order chi connectivity index (χ0) is 19.9. The number of carbonyl (C=O) groups is 2. The van der Waals surface area contributed by atoms with Crippen LogP contribution >= 0.6 is 0 Å². The zero-order valence-corrected chi connectivity index (χ0v) is 16.3. The van der Waals surface area contributed by atoms with Crippen molar-refractivity contribution in [2.75, 3.05) is 33.9 Å². The quantitative estimate of drug-likeness (QED) is 0.741. The molecule has 0 bridgehead atoms. The van der Waals surface area contributed by atoms with Gasteiger partial charge in [-0.3, -0.25) is 9.59 Å². The van der Waals surface area contributed by atoms with Crippen molar-refractivity contribution >= 4 is 11.8 Å². The summed E-state index contributed by atoms with van der Waals surface area (Å²) in [5.41, 5.74) is 1.73. The summed E-state index contributed by atoms with van der Waals surface area (Å²) in [4.78, 5) is 26.2. The fourth-order valence-electron chi connectivity index (χ4n) is 3.28. The van der Waals surface area contributed by atoms with Gasteiger partial charge in [0.1, 0.15) is 11.4 Å². The molecule has 1 aliphatic heterocycles. The van der Waals surface area contributed by atoms with E-state index in [2.05, 4.69) is 10.4 Å². The maximum absolute atomic E-state index is 12.5. The van der Waals surface area contributed by atoms with E-state index in [1.807, 2.05) is 30.5 Å². The number of para-hydroxylation sites is 2. The molecule has 3 rings (SSSR count). The molecule has 0 radical (unpaired) electrons. The summed E-state index contributed by atoms with van der Waals surface area (Å²) in [7, 11) is 3.22. The minimum absolute atomic E-state index is 0.0417. The van der Waals surface area contributed by atoms with Crippen molar-refractivity contribution in [2.24, 2.45) is 5.92 Å². The maximum atomic E-state index is 12.5. The van der Waals surface area contributed by atoms with E-state index >= 15 is 0 Å². The van der Waals surface area contributed by atoms with Crippen LogP contribution in [0.5, 0.6) is 5.75 Å². The van der Waals surface area contributed by atoms with Crippen molar-refractivity contribution in [1.29, 1.82) is 0 Å². The van der Waals surface area contributed by atoms with Gasteiger partial charge in [-0.1, -0.05) is 12.1 Å². The van der Waals surface area contributed by atoms with Gasteiger partial charge in [-0.05, 0) is 18.6 Å². The molecule has 0 spiro atoms. The van der Waals surface area contributed by atoms with Gasteiger partial charge in [0.25, 0.3) is 0 Å². The number of hydrogen-bond acceptors (Lipinski definition) is 5. The molecule has 1 fully saturated rings. The Morgan fingerprint density at radius 2 is 2.14 bits per heavy atom. The SMILES string of the molecule is COCCN1CC(C(=O)NCc2cnn(-c3ccccc3OC)c2)CCC1=O. The third kappa shape index (κ3) is 4.69. The molecule has 1 N–H and O–H groups in total. The van der Waals surface area contributed by atoms with E-state index in [9.17, 15) is 9.59 Å². The number of amides is 2. The zero-order valence-electron chi connectivity index (χ0n) is 16.3. The van der Waals surface area contributed by atoms with Crippen molar-refractivity contribution in [3.05, 3.63) is 42.2 Å². The number of piperidine rings is 1. The van der Waals surface area contributed by atoms with Crippen LogP contribution in [0.15, 0.2) is 36.7 Å². The van der Waals surface area contributed by atoms with Crippen LogP contribution in [0.4, 0.5) is 0 Å². The molecule has 0 saturated carbocycles. The van der Waals surface area contributed by atoms with E-state index in [1.165, 1.54) is 0 Å². The standard InChI is InChI=1S/C20H26N4O4/c1-27-10-9-23-14-16(7-8-19(23)25)20(26)21-11-15-12-22-24(13-15)17-5-3-4-6-18(17)28-2/h3-6,12-13,16H,7-11,14H2,1-2H3,(H,21,26). The predicted molar refractivity (Wildman–Crippen MR) is 103 cm³/mol. The molecule has 2 heterocycles. The summed E-state index contributed by atoms with van der Waals surface area (Å²) in [6.07, 6.45) is 4.57. The average molecular weight is 386 g/mol. The number of methoxy groups -OCH3 is 2. The summed E-state index contributed by atoms with van der Waals surface area (Å²) in [6, 6.07) is 7.61. The molecule has 150 valence electrons. The van der Waals surface area contributed by atoms with Gasteiger partial charge in [-0.25, -0.2) is 4.68 Å². The topological polar surface area (TPSA) is 85.7 Å². The van der Waals surface area contributed by atoms with E-state index in [-0.39, 0.29) is 17.7 Å². The van der Waals surface area contributed by atoms with E-state index in [0.29, 0.717) is 39.1 Å². The molecule has 8 heteroatoms. The third-order valence-corrected chi connectivity index (χ3v) is 4.87. The smallest absolute Gasteiger partial charge is 0.225 e. The number of carbonyl (C=O) groups excluding carboxylic acids is 2. The lowest BCUT2D eigenvalue weighted by Crippen LogP contribution is -2.46. The Morgan fingerprint density at radius 1 is 1.32 bits per heavy atom. The average Bonchev–Trinajstić information content (AvgIpc) is 3.20. The highest BCUT2D eigenvalue weighted by molar-refractivity contribution is 5.83. The first-order valence-corrected chi connectivity index (χ1v) is 9.33. The number of hydrogen-bond donors (Lipinski definition) is 1. The molecule has 2 amide bonds. The Balaban J connectivity index is 1.56. The summed E-state index contributed by atoms with van der Waals surface area (Å²) in [5, 5.41) is 7.32. The summed E-state index contributed by atoms with van der Waals surface area (Å²) in [6.45, 7) is 1.82. The second kappa shape index (κ2) is 9.36. The number of ether oxygens (including phenoxy) is 2. The van der Waals surface area contributed by atoms with Crippen molar-refractivity contribution in [3.63, 3.8) is 0 Å². The number of nitrogens with zero attached hydrogens (tertiary/aromatic N) is 3. The highest BCUT2D eigenvalue weighted by Crippen LogP contribution is 2.22. The van der Waals surface area contributed by atoms with Gasteiger partial charge in [-0.2, -0.15) is 5.10 Å². The Labute approximate surface area is 164 Å². The minimum atomic E-state index is -0.196. The van der Waals surface area contributed by atoms with Crippen LogP contribution < -0.4 is 10.1 Å². The van der Waals surface area contributed by atoms with Crippen molar-refractivity contribution < 1.29 is 19.1 Å². The summed E-state index contributed by atoms with van der Waals surface area (Å²) < 4.78 is 12.1. The van der Waals surface area contributed by atoms with E-state index in [4.69, 9.17) is 9.47 Å². The molecule has 1 aromatic heterocycles. The predicted octanol–water partition coefficient (Wildman–Crippen LogP) is 1.38. The van der Waals surface area contributed by atoms with Crippen LogP contribution in [0.3, 0.4) is 0 Å². The highest BCUT2D eigenvalue weighted by atomic mass is 16.5. The van der Waals surface area contributed by atoms with Crippen molar-refractivity contribution in [1.82, 2.24) is 20.0 Å². The number of likely N-dealkylation sites (tertiary alicyclic amines) is 1. The van der Waals surface area contributed by atoms with E-state index in [0.717, 1.165) is 17.0 Å². The van der Waals surface area contributed by atoms with Gasteiger partial charge in [0.05, 0.1) is 25.8 Å². The number of nitrogens with one attached hydrogen (secondary N) is 1. The molecular formula is C20H26N4O4. The van der Waals surface area contributed by atoms with Crippen LogP contribution in [0.1, 0.15) is 18.4 Å². The Hall–Kier alpha value is -2.87. The molecule has 1 aromatic carbocycles. The Morgan fingerprint density at radius 3 is 2.93 bits per heavy atom. The molecule has 8 nitrogen and oxygen atoms in total. The van der Waals surface area contributed by atoms with Crippen molar-refractivity contribution in [3.8, 4) is 11.4 Å². The highest BCUT2D eigenvalue weighted by Gasteiger charge is 2.29. The van der Waals surface area contributed by atoms with Crippen molar-refractivity contribution in [2.45, 2.75) is 19.4 Å². The van der Waals surface area contributed by atoms with Gasteiger partial charge in [0.2, 0.25) is 11.8 Å². The van der Waals surface area contributed by atoms with Crippen LogP contribution in [-0.4, -0.2) is 60.4 Å². The number of rotatable bonds is 8. The lowest BCUT2D eigenvalue weighted by atomic mass is 9.96. The first-order valence-electron chi connectivity index (χ1n) is 9.33. The fraction of sp³-hybridized carbons (Fsp3) is 0.450. The summed E-state index contributed by atoms with van der Waals surface area (Å²) in [5.74, 6) is 0.571. The molecular weight excluding hydrogens is 360 g/mol. The van der Waals surface area contributed by atoms with Crippen LogP contribution in [0.25, 0.3) is 5.69 Å². The molecule has 1 unspecified atom stereocenters. The van der Waals surface area contributed by atoms with Crippen LogP contribution in [0, 0.1) is 5.92 Å². The second-order valence-electron chi connectivity index (χ2n) is 6.75. The van der Waals surface area contributed by atoms with Gasteiger partial charge < -0.3 is 19.7 Å². The van der Waals surface area contributed by atoms with E-state index in [1.54, 1.807) is 30.0 Å². The molecule has 1 aliphatic rings. The lowest BCUT2D eigenvalue weighted by molar-refractivity contribution is -0.138. The number of benzene rings is 1. The molecule has 1 atom stereocenters. The van der Waals surface area contributed by atoms with Crippen LogP contribution in [-0.2, 0) is 20.9 Å². The Kier molecular flexibility index (Phi) is 6.65. The van der Waals surface area contributed by atoms with Gasteiger partial charge in [0, 0.05) is 44.9 Å². The van der Waals surface area contributed by atoms with Crippen LogP contribution in [0.2, 0.25) is 0 Å². The van der Waals surface area contributed by atoms with Gasteiger partial charge in [0.15, 0.2) is 0 Å². The first-order chi connectivity index (χ1) is 13.6.